The third-order valence-electron chi connectivity index (χ3n) is 10.6. The van der Waals surface area contributed by atoms with Gasteiger partial charge in [0.2, 0.25) is 0 Å². The Hall–Kier alpha value is -2.28. The molecule has 0 saturated heterocycles. The van der Waals surface area contributed by atoms with Gasteiger partial charge in [-0.15, -0.1) is 0 Å². The fourth-order valence-electron chi connectivity index (χ4n) is 8.90. The molecule has 1 aromatic rings. The van der Waals surface area contributed by atoms with Crippen LogP contribution in [0.4, 0.5) is 0 Å². The molecule has 0 radical (unpaired) electrons. The molecule has 0 unspecified atom stereocenters. The molecular weight excluding hydrogens is 436 g/mol. The number of benzene rings is 1. The summed E-state index contributed by atoms with van der Waals surface area (Å²) in [5.74, 6) is 9.01. The largest absolute Gasteiger partial charge is 0.463 e. The van der Waals surface area contributed by atoms with Gasteiger partial charge < -0.3 is 9.47 Å². The van der Waals surface area contributed by atoms with Gasteiger partial charge in [0.25, 0.3) is 0 Å². The Morgan fingerprint density at radius 1 is 0.886 bits per heavy atom. The minimum absolute atomic E-state index is 0.0901. The summed E-state index contributed by atoms with van der Waals surface area (Å²) in [4.78, 5) is 23.9. The molecule has 0 bridgehead atoms. The lowest BCUT2D eigenvalue weighted by Crippen LogP contribution is -2.57. The Bertz CT molecular complexity index is 1040. The van der Waals surface area contributed by atoms with Crippen LogP contribution in [-0.4, -0.2) is 23.6 Å². The molecule has 0 amide bonds. The molecule has 35 heavy (non-hydrogen) atoms. The Balaban J connectivity index is 1.42. The first-order valence-electron chi connectivity index (χ1n) is 13.6. The molecule has 4 nitrogen and oxygen atoms in total. The standard InChI is InChI=1S/C31H40O4/c1-21(32)34-25-13-16-29(3)24(20-25)10-11-26-27(29)14-17-30(4)28(26)15-19-31(30,35-22(2)33)18-12-23-8-6-5-7-9-23/h5-9,24-28H,10-11,13-17,19-20H2,1-4H3/t24-,25+,26+,27+,28-,29-,30+,31-/m1/s1. The van der Waals surface area contributed by atoms with Crippen molar-refractivity contribution < 1.29 is 19.1 Å². The topological polar surface area (TPSA) is 52.6 Å². The van der Waals surface area contributed by atoms with Crippen molar-refractivity contribution in [2.24, 2.45) is 34.5 Å². The highest BCUT2D eigenvalue weighted by Gasteiger charge is 2.66. The van der Waals surface area contributed by atoms with Crippen molar-refractivity contribution in [3.63, 3.8) is 0 Å². The molecule has 4 heteroatoms. The lowest BCUT2D eigenvalue weighted by Gasteiger charge is -2.61. The average Bonchev–Trinajstić information content (AvgIpc) is 3.10. The molecule has 4 aliphatic carbocycles. The maximum absolute atomic E-state index is 12.3. The van der Waals surface area contributed by atoms with Gasteiger partial charge in [0.05, 0.1) is 0 Å². The number of carbonyl (C=O) groups is 2. The molecule has 1 aromatic carbocycles. The van der Waals surface area contributed by atoms with Crippen LogP contribution in [0.2, 0.25) is 0 Å². The summed E-state index contributed by atoms with van der Waals surface area (Å²) in [5, 5.41) is 0. The maximum Gasteiger partial charge on any atom is 0.304 e. The van der Waals surface area contributed by atoms with Crippen LogP contribution in [0.1, 0.15) is 91.0 Å². The van der Waals surface area contributed by atoms with E-state index in [1.54, 1.807) is 0 Å². The molecule has 0 aromatic heterocycles. The zero-order chi connectivity index (χ0) is 24.8. The second-order valence-electron chi connectivity index (χ2n) is 12.2. The molecule has 188 valence electrons. The Morgan fingerprint density at radius 3 is 2.34 bits per heavy atom. The van der Waals surface area contributed by atoms with Crippen LogP contribution >= 0.6 is 0 Å². The zero-order valence-electron chi connectivity index (χ0n) is 21.8. The Morgan fingerprint density at radius 2 is 1.63 bits per heavy atom. The highest BCUT2D eigenvalue weighted by atomic mass is 16.6. The summed E-state index contributed by atoms with van der Waals surface area (Å²) in [5.41, 5.74) is 0.440. The van der Waals surface area contributed by atoms with Gasteiger partial charge in [-0.2, -0.15) is 0 Å². The second kappa shape index (κ2) is 8.99. The third kappa shape index (κ3) is 4.09. The van der Waals surface area contributed by atoms with E-state index < -0.39 is 5.60 Å². The monoisotopic (exact) mass is 476 g/mol. The molecule has 8 atom stereocenters. The molecule has 0 heterocycles. The molecule has 4 aliphatic rings. The first-order chi connectivity index (χ1) is 16.7. The van der Waals surface area contributed by atoms with Gasteiger partial charge in [0.15, 0.2) is 5.60 Å². The molecule has 0 N–H and O–H groups in total. The first-order valence-corrected chi connectivity index (χ1v) is 13.6. The number of rotatable bonds is 2. The third-order valence-corrected chi connectivity index (χ3v) is 10.6. The van der Waals surface area contributed by atoms with E-state index in [0.717, 1.165) is 44.1 Å². The van der Waals surface area contributed by atoms with E-state index >= 15 is 0 Å². The number of ether oxygens (including phenoxy) is 2. The van der Waals surface area contributed by atoms with E-state index in [0.29, 0.717) is 29.1 Å². The summed E-state index contributed by atoms with van der Waals surface area (Å²) < 4.78 is 11.8. The van der Waals surface area contributed by atoms with Crippen LogP contribution in [0.5, 0.6) is 0 Å². The number of carbonyl (C=O) groups excluding carboxylic acids is 2. The molecule has 0 spiro atoms. The molecule has 0 aliphatic heterocycles. The molecular formula is C31H40O4. The van der Waals surface area contributed by atoms with Crippen molar-refractivity contribution >= 4 is 11.9 Å². The summed E-state index contributed by atoms with van der Waals surface area (Å²) in [6, 6.07) is 10.0. The predicted octanol–water partition coefficient (Wildman–Crippen LogP) is 6.31. The lowest BCUT2D eigenvalue weighted by molar-refractivity contribution is -0.178. The number of fused-ring (bicyclic) bond motifs is 5. The van der Waals surface area contributed by atoms with Crippen LogP contribution in [0, 0.1) is 46.3 Å². The van der Waals surface area contributed by atoms with E-state index in [1.807, 2.05) is 30.3 Å². The Labute approximate surface area is 210 Å². The fourth-order valence-corrected chi connectivity index (χ4v) is 8.90. The quantitative estimate of drug-likeness (QED) is 0.370. The van der Waals surface area contributed by atoms with Crippen LogP contribution in [0.3, 0.4) is 0 Å². The van der Waals surface area contributed by atoms with Crippen LogP contribution in [0.15, 0.2) is 30.3 Å². The number of hydrogen-bond acceptors (Lipinski definition) is 4. The second-order valence-corrected chi connectivity index (χ2v) is 12.2. The number of hydrogen-bond donors (Lipinski definition) is 0. The minimum Gasteiger partial charge on any atom is -0.463 e. The first kappa shape index (κ1) is 24.4. The van der Waals surface area contributed by atoms with Gasteiger partial charge >= 0.3 is 11.9 Å². The maximum atomic E-state index is 12.3. The van der Waals surface area contributed by atoms with Gasteiger partial charge in [-0.1, -0.05) is 38.0 Å². The van der Waals surface area contributed by atoms with E-state index in [-0.39, 0.29) is 23.5 Å². The van der Waals surface area contributed by atoms with Crippen molar-refractivity contribution in [2.45, 2.75) is 97.2 Å². The van der Waals surface area contributed by atoms with E-state index in [2.05, 4.69) is 25.7 Å². The van der Waals surface area contributed by atoms with Crippen molar-refractivity contribution in [3.8, 4) is 11.8 Å². The molecule has 5 rings (SSSR count). The van der Waals surface area contributed by atoms with Crippen LogP contribution < -0.4 is 0 Å². The van der Waals surface area contributed by atoms with Crippen molar-refractivity contribution in [1.29, 1.82) is 0 Å². The van der Waals surface area contributed by atoms with Crippen molar-refractivity contribution in [1.82, 2.24) is 0 Å². The van der Waals surface area contributed by atoms with Gasteiger partial charge in [0, 0.05) is 24.8 Å². The van der Waals surface area contributed by atoms with E-state index in [4.69, 9.17) is 9.47 Å². The summed E-state index contributed by atoms with van der Waals surface area (Å²) in [6.07, 6.45) is 9.77. The summed E-state index contributed by atoms with van der Waals surface area (Å²) in [7, 11) is 0. The van der Waals surface area contributed by atoms with E-state index in [9.17, 15) is 9.59 Å². The highest BCUT2D eigenvalue weighted by molar-refractivity contribution is 5.67. The van der Waals surface area contributed by atoms with Crippen LogP contribution in [0.25, 0.3) is 0 Å². The average molecular weight is 477 g/mol. The van der Waals surface area contributed by atoms with Gasteiger partial charge in [-0.05, 0) is 105 Å². The SMILES string of the molecule is CC(=O)O[C@H]1CC[C@]2(C)[C@H](CC[C@@H]3[C@H]4CC[C@@](C#Cc5ccccc5)(OC(C)=O)[C@@]4(C)CC[C@@H]32)C1. The van der Waals surface area contributed by atoms with Crippen LogP contribution in [-0.2, 0) is 19.1 Å². The van der Waals surface area contributed by atoms with Crippen molar-refractivity contribution in [2.75, 3.05) is 0 Å². The van der Waals surface area contributed by atoms with Crippen molar-refractivity contribution in [3.05, 3.63) is 35.9 Å². The fraction of sp³-hybridized carbons (Fsp3) is 0.677. The van der Waals surface area contributed by atoms with Gasteiger partial charge in [-0.25, -0.2) is 0 Å². The highest BCUT2D eigenvalue weighted by Crippen LogP contribution is 2.69. The lowest BCUT2D eigenvalue weighted by atomic mass is 9.44. The molecule has 4 fully saturated rings. The predicted molar refractivity (Wildman–Crippen MR) is 135 cm³/mol. The number of esters is 2. The van der Waals surface area contributed by atoms with Gasteiger partial charge in [-0.3, -0.25) is 9.59 Å². The summed E-state index contributed by atoms with van der Waals surface area (Å²) in [6.45, 7) is 7.94. The molecule has 4 saturated carbocycles. The summed E-state index contributed by atoms with van der Waals surface area (Å²) >= 11 is 0. The normalized spacial score (nSPS) is 41.9. The van der Waals surface area contributed by atoms with Gasteiger partial charge in [0.1, 0.15) is 6.10 Å². The zero-order valence-corrected chi connectivity index (χ0v) is 21.8. The smallest absolute Gasteiger partial charge is 0.304 e. The van der Waals surface area contributed by atoms with E-state index in [1.165, 1.54) is 33.1 Å². The Kier molecular flexibility index (Phi) is 6.27. The minimum atomic E-state index is -0.713.